The number of rotatable bonds is 5. The molecule has 0 amide bonds. The summed E-state index contributed by atoms with van der Waals surface area (Å²) in [5.74, 6) is 3.04. The lowest BCUT2D eigenvalue weighted by atomic mass is 10.1. The lowest BCUT2D eigenvalue weighted by Crippen LogP contribution is -1.93. The van der Waals surface area contributed by atoms with E-state index in [1.54, 1.807) is 32.4 Å². The maximum Gasteiger partial charge on any atom is 0.269 e. The molecule has 7 nitrogen and oxygen atoms in total. The van der Waals surface area contributed by atoms with Crippen molar-refractivity contribution in [2.75, 3.05) is 21.0 Å². The van der Waals surface area contributed by atoms with Gasteiger partial charge in [0.2, 0.25) is 18.4 Å². The van der Waals surface area contributed by atoms with Gasteiger partial charge in [0.15, 0.2) is 11.5 Å². The van der Waals surface area contributed by atoms with Crippen molar-refractivity contribution >= 4 is 22.7 Å². The fourth-order valence-electron chi connectivity index (χ4n) is 2.64. The molecule has 138 valence electrons. The molecule has 27 heavy (non-hydrogen) atoms. The summed E-state index contributed by atoms with van der Waals surface area (Å²) in [5, 5.41) is 4.27. The summed E-state index contributed by atoms with van der Waals surface area (Å²) in [6.07, 6.45) is 1.69. The van der Waals surface area contributed by atoms with E-state index in [1.807, 2.05) is 24.3 Å². The molecule has 1 aliphatic rings. The third kappa shape index (κ3) is 3.41. The van der Waals surface area contributed by atoms with Crippen molar-refractivity contribution in [2.24, 2.45) is 0 Å². The van der Waals surface area contributed by atoms with Crippen LogP contribution in [0.4, 0.5) is 0 Å². The van der Waals surface area contributed by atoms with Crippen molar-refractivity contribution in [3.8, 4) is 34.4 Å². The van der Waals surface area contributed by atoms with Crippen molar-refractivity contribution < 1.29 is 23.5 Å². The quantitative estimate of drug-likeness (QED) is 0.649. The van der Waals surface area contributed by atoms with Crippen LogP contribution in [0, 0.1) is 0 Å². The Balaban J connectivity index is 1.64. The fourth-order valence-corrected chi connectivity index (χ4v) is 2.84. The fraction of sp³-hybridized carbons (Fsp3) is 0.158. The average molecular weight is 387 g/mol. The first-order valence-electron chi connectivity index (χ1n) is 8.01. The first kappa shape index (κ1) is 17.2. The Morgan fingerprint density at radius 3 is 2.85 bits per heavy atom. The van der Waals surface area contributed by atoms with Crippen molar-refractivity contribution in [2.45, 2.75) is 0 Å². The summed E-state index contributed by atoms with van der Waals surface area (Å²) < 4.78 is 26.6. The topological polar surface area (TPSA) is 75.8 Å². The molecular formula is C19H15ClN2O5. The van der Waals surface area contributed by atoms with Crippen molar-refractivity contribution in [1.82, 2.24) is 10.1 Å². The Morgan fingerprint density at radius 2 is 2.04 bits per heavy atom. The Labute approximate surface area is 160 Å². The van der Waals surface area contributed by atoms with E-state index < -0.39 is 0 Å². The normalized spacial score (nSPS) is 12.9. The molecule has 0 aliphatic carbocycles. The Kier molecular flexibility index (Phi) is 4.60. The second-order valence-corrected chi connectivity index (χ2v) is 6.01. The van der Waals surface area contributed by atoms with Gasteiger partial charge in [-0.3, -0.25) is 0 Å². The van der Waals surface area contributed by atoms with E-state index in [0.717, 1.165) is 11.1 Å². The number of benzene rings is 2. The summed E-state index contributed by atoms with van der Waals surface area (Å²) in [4.78, 5) is 4.35. The van der Waals surface area contributed by atoms with E-state index in [-0.39, 0.29) is 17.7 Å². The maximum atomic E-state index is 6.37. The number of hydrogen-bond acceptors (Lipinski definition) is 7. The van der Waals surface area contributed by atoms with E-state index >= 15 is 0 Å². The van der Waals surface area contributed by atoms with E-state index in [0.29, 0.717) is 28.8 Å². The standard InChI is InChI=1S/C19H15ClN2O5/c1-23-13-5-3-4-12(9-13)18-21-19(27-22-18)14(20)6-11-7-15(24-2)17-16(8-11)25-10-26-17/h3-9H,10H2,1-2H3/b14-6-. The van der Waals surface area contributed by atoms with Crippen LogP contribution in [0.15, 0.2) is 40.9 Å². The molecule has 0 fully saturated rings. The van der Waals surface area contributed by atoms with Crippen molar-refractivity contribution in [3.05, 3.63) is 47.9 Å². The molecule has 4 rings (SSSR count). The van der Waals surface area contributed by atoms with Crippen LogP contribution in [-0.2, 0) is 0 Å². The molecule has 1 aliphatic heterocycles. The van der Waals surface area contributed by atoms with Gasteiger partial charge in [-0.05, 0) is 35.9 Å². The number of halogens is 1. The smallest absolute Gasteiger partial charge is 0.269 e. The molecule has 3 aromatic rings. The Morgan fingerprint density at radius 1 is 1.15 bits per heavy atom. The predicted molar refractivity (Wildman–Crippen MR) is 99.1 cm³/mol. The number of hydrogen-bond donors (Lipinski definition) is 0. The van der Waals surface area contributed by atoms with Crippen LogP contribution in [0.1, 0.15) is 11.5 Å². The summed E-state index contributed by atoms with van der Waals surface area (Å²) >= 11 is 6.37. The van der Waals surface area contributed by atoms with Crippen LogP contribution in [0.25, 0.3) is 22.5 Å². The van der Waals surface area contributed by atoms with Crippen LogP contribution in [0.2, 0.25) is 0 Å². The van der Waals surface area contributed by atoms with E-state index in [4.69, 9.17) is 35.1 Å². The van der Waals surface area contributed by atoms with Gasteiger partial charge in [0.1, 0.15) is 10.8 Å². The van der Waals surface area contributed by atoms with Crippen LogP contribution < -0.4 is 18.9 Å². The molecular weight excluding hydrogens is 372 g/mol. The van der Waals surface area contributed by atoms with Gasteiger partial charge < -0.3 is 23.5 Å². The number of ether oxygens (including phenoxy) is 4. The molecule has 2 heterocycles. The third-order valence-electron chi connectivity index (χ3n) is 3.93. The van der Waals surface area contributed by atoms with Crippen molar-refractivity contribution in [1.29, 1.82) is 0 Å². The van der Waals surface area contributed by atoms with E-state index in [1.165, 1.54) is 0 Å². The zero-order valence-corrected chi connectivity index (χ0v) is 15.3. The van der Waals surface area contributed by atoms with Crippen LogP contribution in [0.3, 0.4) is 0 Å². The maximum absolute atomic E-state index is 6.37. The van der Waals surface area contributed by atoms with E-state index in [2.05, 4.69) is 10.1 Å². The minimum atomic E-state index is 0.153. The molecule has 0 bridgehead atoms. The zero-order chi connectivity index (χ0) is 18.8. The lowest BCUT2D eigenvalue weighted by Gasteiger charge is -2.05. The molecule has 0 unspecified atom stereocenters. The van der Waals surface area contributed by atoms with Crippen LogP contribution in [-0.4, -0.2) is 31.2 Å². The van der Waals surface area contributed by atoms with Gasteiger partial charge >= 0.3 is 0 Å². The Hall–Kier alpha value is -3.19. The SMILES string of the molecule is COc1cccc(-c2noc(/C(Cl)=C/c3cc(OC)c4c(c3)OCO4)n2)c1. The predicted octanol–water partition coefficient (Wildman–Crippen LogP) is 4.22. The molecule has 0 N–H and O–H groups in total. The molecule has 0 radical (unpaired) electrons. The second-order valence-electron chi connectivity index (χ2n) is 5.60. The first-order valence-corrected chi connectivity index (χ1v) is 8.39. The molecule has 0 spiro atoms. The molecule has 0 saturated carbocycles. The summed E-state index contributed by atoms with van der Waals surface area (Å²) in [6, 6.07) is 10.9. The summed E-state index contributed by atoms with van der Waals surface area (Å²) in [6.45, 7) is 0.153. The first-order chi connectivity index (χ1) is 13.2. The van der Waals surface area contributed by atoms with Crippen LogP contribution >= 0.6 is 11.6 Å². The third-order valence-corrected chi connectivity index (χ3v) is 4.20. The highest BCUT2D eigenvalue weighted by Gasteiger charge is 2.20. The molecule has 0 saturated heterocycles. The highest BCUT2D eigenvalue weighted by atomic mass is 35.5. The van der Waals surface area contributed by atoms with Gasteiger partial charge in [0.05, 0.1) is 14.2 Å². The van der Waals surface area contributed by atoms with Gasteiger partial charge in [-0.25, -0.2) is 0 Å². The molecule has 0 atom stereocenters. The van der Waals surface area contributed by atoms with E-state index in [9.17, 15) is 0 Å². The minimum absolute atomic E-state index is 0.153. The summed E-state index contributed by atoms with van der Waals surface area (Å²) in [5.41, 5.74) is 1.51. The minimum Gasteiger partial charge on any atom is -0.497 e. The van der Waals surface area contributed by atoms with Crippen LogP contribution in [0.5, 0.6) is 23.0 Å². The zero-order valence-electron chi connectivity index (χ0n) is 14.6. The second kappa shape index (κ2) is 7.20. The highest BCUT2D eigenvalue weighted by Crippen LogP contribution is 2.42. The number of aromatic nitrogens is 2. The number of fused-ring (bicyclic) bond motifs is 1. The molecule has 2 aromatic carbocycles. The monoisotopic (exact) mass is 386 g/mol. The highest BCUT2D eigenvalue weighted by molar-refractivity contribution is 6.50. The van der Waals surface area contributed by atoms with Gasteiger partial charge in [-0.2, -0.15) is 4.98 Å². The average Bonchev–Trinajstić information content (AvgIpc) is 3.37. The number of methoxy groups -OCH3 is 2. The van der Waals surface area contributed by atoms with Gasteiger partial charge in [-0.1, -0.05) is 28.9 Å². The van der Waals surface area contributed by atoms with Gasteiger partial charge in [-0.15, -0.1) is 0 Å². The molecule has 1 aromatic heterocycles. The number of nitrogens with zero attached hydrogens (tertiary/aromatic N) is 2. The molecule has 8 heteroatoms. The summed E-state index contributed by atoms with van der Waals surface area (Å²) in [7, 11) is 3.16. The Bertz CT molecular complexity index is 1020. The van der Waals surface area contributed by atoms with Crippen molar-refractivity contribution in [3.63, 3.8) is 0 Å². The lowest BCUT2D eigenvalue weighted by molar-refractivity contribution is 0.171. The van der Waals surface area contributed by atoms with Gasteiger partial charge in [0, 0.05) is 5.56 Å². The van der Waals surface area contributed by atoms with Gasteiger partial charge in [0.25, 0.3) is 5.89 Å². The largest absolute Gasteiger partial charge is 0.497 e.